The molecule has 0 N–H and O–H groups in total. The van der Waals surface area contributed by atoms with E-state index in [4.69, 9.17) is 0 Å². The average Bonchev–Trinajstić information content (AvgIpc) is 1.42. The van der Waals surface area contributed by atoms with Gasteiger partial charge in [0.15, 0.2) is 0 Å². The van der Waals surface area contributed by atoms with E-state index in [-0.39, 0.29) is 14.9 Å². The van der Waals surface area contributed by atoms with Gasteiger partial charge in [-0.1, -0.05) is 675 Å². The van der Waals surface area contributed by atoms with E-state index in [0.717, 1.165) is 114 Å². The Morgan fingerprint density at radius 3 is 0.567 bits per heavy atom. The van der Waals surface area contributed by atoms with Crippen LogP contribution in [0.1, 0.15) is 646 Å². The lowest BCUT2D eigenvalue weighted by Gasteiger charge is -2.40. The molecule has 0 bridgehead atoms. The predicted octanol–water partition coefficient (Wildman–Crippen LogP) is 45.3. The highest BCUT2D eigenvalue weighted by atomic mass is 15.2. The molecular weight excluding hydrogens is 1810 g/mol. The number of hydrogen-bond acceptors (Lipinski definition) is 4. The SMILES string of the molecule is C.C.C1CCC(C2CCCCC2)CC1.C1CCC(C2CCCCC2)CC1.C1CCC(C2CCCCC2)CC1.C1CCC(C2CCCCC2)CC1.C1CCC(C2CCCCC2)CC1.C1CCC(C2CCCCC2)CC1.C1CCC(C2CCCCC2)CC1.C1CCC(C2CCCCC2)CC1.C1CCCCC1.C1CCCCC1.CC.CC.CN1CCB2C3=C(C=CC3)N(C)c3cccc1c32.CN1CCB2C3=C(CC=C3)N(C)c3cccc1c32. The van der Waals surface area contributed by atoms with Crippen LogP contribution in [0.25, 0.3) is 0 Å². The van der Waals surface area contributed by atoms with Crippen LogP contribution >= 0.6 is 0 Å². The zero-order valence-corrected chi connectivity index (χ0v) is 100. The standard InChI is InChI=1S/2C15H17BN2.8C12H22.2C6H12.2C2H6.2CH4/c2*1-17-10-9-16-11-5-3-6-12(11)18(2)14-8-4-7-13(17)15(14)16;8*1-3-7-11(8-4-1)12-9-5-2-6-10-12;2*1-2-4-6-5-3-1;2*1-2;;/h3-4,6-8H,5,9-10H2,1-2H3;3-5,7-8H,6,9-10H2,1-2H3;8*11-12H,1-10H2;2*1-6H2;2*1-2H3;2*1H4. The molecule has 0 amide bonds. The molecular formula is C144H254B2N4. The molecule has 4 aliphatic heterocycles. The molecule has 26 rings (SSSR count). The molecule has 856 valence electrons. The number of benzene rings is 2. The first-order valence-electron chi connectivity index (χ1n) is 69.2. The molecule has 0 saturated heterocycles. The maximum absolute atomic E-state index is 2.40. The van der Waals surface area contributed by atoms with Gasteiger partial charge in [0.25, 0.3) is 0 Å². The van der Waals surface area contributed by atoms with Crippen LogP contribution < -0.4 is 30.5 Å². The lowest BCUT2D eigenvalue weighted by Crippen LogP contribution is -2.49. The monoisotopic (exact) mass is 2060 g/mol. The van der Waals surface area contributed by atoms with Crippen molar-refractivity contribution < 1.29 is 0 Å². The van der Waals surface area contributed by atoms with E-state index in [1.165, 1.54) is 439 Å². The summed E-state index contributed by atoms with van der Waals surface area (Å²) in [6, 6.07) is 13.5. The fourth-order valence-electron chi connectivity index (χ4n) is 35.3. The molecule has 2 aromatic rings. The summed E-state index contributed by atoms with van der Waals surface area (Å²) in [5, 5.41) is 0. The number of allylic oxidation sites excluding steroid dienone is 6. The normalized spacial score (nSPS) is 25.5. The summed E-state index contributed by atoms with van der Waals surface area (Å²) in [6.45, 7) is 11.6. The van der Waals surface area contributed by atoms with Crippen LogP contribution in [-0.4, -0.2) is 54.7 Å². The molecule has 0 unspecified atom stereocenters. The first-order valence-corrected chi connectivity index (χ1v) is 69.2. The summed E-state index contributed by atoms with van der Waals surface area (Å²) in [6.07, 6.45) is 155. The number of likely N-dealkylation sites (N-methyl/N-ethyl adjacent to an activating group) is 1. The highest BCUT2D eigenvalue weighted by Crippen LogP contribution is 2.49. The second kappa shape index (κ2) is 75.8. The van der Waals surface area contributed by atoms with E-state index < -0.39 is 0 Å². The largest absolute Gasteiger partial charge is 0.376 e. The zero-order valence-electron chi connectivity index (χ0n) is 100. The van der Waals surface area contributed by atoms with E-state index in [2.05, 4.69) is 108 Å². The Bertz CT molecular complexity index is 3230. The fourth-order valence-corrected chi connectivity index (χ4v) is 35.3. The van der Waals surface area contributed by atoms with Gasteiger partial charge in [-0.25, -0.2) is 0 Å². The predicted molar refractivity (Wildman–Crippen MR) is 675 cm³/mol. The van der Waals surface area contributed by atoms with Gasteiger partial charge in [0.2, 0.25) is 13.4 Å². The molecule has 0 spiro atoms. The van der Waals surface area contributed by atoms with Gasteiger partial charge in [0.05, 0.1) is 0 Å². The number of hydrogen-bond donors (Lipinski definition) is 0. The van der Waals surface area contributed by atoms with Gasteiger partial charge in [0, 0.05) is 81.8 Å². The van der Waals surface area contributed by atoms with Gasteiger partial charge in [-0.15, -0.1) is 0 Å². The fraction of sp³-hybridized carbons (Fsp3) is 0.861. The Morgan fingerprint density at radius 1 is 0.193 bits per heavy atom. The molecule has 20 aliphatic carbocycles. The Morgan fingerprint density at radius 2 is 0.360 bits per heavy atom. The number of fused-ring (bicyclic) bond motifs is 2. The topological polar surface area (TPSA) is 13.0 Å². The summed E-state index contributed by atoms with van der Waals surface area (Å²) >= 11 is 0. The van der Waals surface area contributed by atoms with Crippen molar-refractivity contribution in [3.63, 3.8) is 0 Å². The van der Waals surface area contributed by atoms with Crippen molar-refractivity contribution in [2.45, 2.75) is 659 Å². The third kappa shape index (κ3) is 42.0. The Labute approximate surface area is 938 Å². The van der Waals surface area contributed by atoms with Gasteiger partial charge in [-0.3, -0.25) is 0 Å². The summed E-state index contributed by atoms with van der Waals surface area (Å²) in [4.78, 5) is 9.56. The lowest BCUT2D eigenvalue weighted by atomic mass is 9.35. The number of nitrogens with zero attached hydrogens (tertiary/aromatic N) is 4. The van der Waals surface area contributed by atoms with Crippen molar-refractivity contribution in [1.82, 2.24) is 0 Å². The summed E-state index contributed by atoms with van der Waals surface area (Å²) in [5.41, 5.74) is 14.9. The van der Waals surface area contributed by atoms with Gasteiger partial charge in [0.1, 0.15) is 0 Å². The first kappa shape index (κ1) is 127. The van der Waals surface area contributed by atoms with Crippen molar-refractivity contribution in [2.24, 2.45) is 94.7 Å². The number of anilines is 4. The summed E-state index contributed by atoms with van der Waals surface area (Å²) in [7, 11) is 8.83. The van der Waals surface area contributed by atoms with Crippen LogP contribution in [0.2, 0.25) is 12.6 Å². The van der Waals surface area contributed by atoms with Crippen LogP contribution in [0.15, 0.2) is 83.0 Å². The molecule has 2 aromatic carbocycles. The van der Waals surface area contributed by atoms with Gasteiger partial charge in [-0.05, 0) is 155 Å². The van der Waals surface area contributed by atoms with Crippen molar-refractivity contribution >= 4 is 47.1 Å². The van der Waals surface area contributed by atoms with E-state index in [0.29, 0.717) is 13.4 Å². The van der Waals surface area contributed by atoms with Crippen LogP contribution in [0.5, 0.6) is 0 Å². The highest BCUT2D eigenvalue weighted by molar-refractivity contribution is 6.84. The lowest BCUT2D eigenvalue weighted by molar-refractivity contribution is 0.196. The average molecular weight is 2060 g/mol. The summed E-state index contributed by atoms with van der Waals surface area (Å²) < 4.78 is 0. The minimum absolute atomic E-state index is 0. The van der Waals surface area contributed by atoms with E-state index in [1.54, 1.807) is 227 Å². The van der Waals surface area contributed by atoms with E-state index >= 15 is 0 Å². The molecule has 24 aliphatic rings. The van der Waals surface area contributed by atoms with Crippen molar-refractivity contribution in [3.05, 3.63) is 83.0 Å². The molecule has 150 heavy (non-hydrogen) atoms. The van der Waals surface area contributed by atoms with Crippen LogP contribution in [-0.2, 0) is 0 Å². The molecule has 6 heteroatoms. The molecule has 18 fully saturated rings. The van der Waals surface area contributed by atoms with Crippen LogP contribution in [0.4, 0.5) is 22.7 Å². The van der Waals surface area contributed by atoms with Gasteiger partial charge in [-0.2, -0.15) is 0 Å². The van der Waals surface area contributed by atoms with Crippen LogP contribution in [0.3, 0.4) is 0 Å². The highest BCUT2D eigenvalue weighted by Gasteiger charge is 2.42. The third-order valence-corrected chi connectivity index (χ3v) is 44.0. The van der Waals surface area contributed by atoms with Crippen LogP contribution in [0, 0.1) is 94.7 Å². The minimum atomic E-state index is 0. The molecule has 4 heterocycles. The van der Waals surface area contributed by atoms with Crippen molar-refractivity contribution in [2.75, 3.05) is 60.9 Å². The quantitative estimate of drug-likeness (QED) is 0.244. The molecule has 0 atom stereocenters. The van der Waals surface area contributed by atoms with E-state index in [9.17, 15) is 0 Å². The first-order chi connectivity index (χ1) is 73.3. The Kier molecular flexibility index (Phi) is 64.1. The molecule has 4 nitrogen and oxygen atoms in total. The third-order valence-electron chi connectivity index (χ3n) is 44.0. The number of rotatable bonds is 8. The second-order valence-corrected chi connectivity index (χ2v) is 53.7. The smallest absolute Gasteiger partial charge is 0.218 e. The van der Waals surface area contributed by atoms with E-state index in [1.807, 2.05) is 27.7 Å². The maximum atomic E-state index is 2.40. The Balaban J connectivity index is 0.000000156. The molecule has 0 aromatic heterocycles. The second-order valence-electron chi connectivity index (χ2n) is 53.7. The van der Waals surface area contributed by atoms with Gasteiger partial charge < -0.3 is 19.6 Å². The summed E-state index contributed by atoms with van der Waals surface area (Å²) in [5.74, 6) is 18.2. The molecule has 0 radical (unpaired) electrons. The van der Waals surface area contributed by atoms with Crippen molar-refractivity contribution in [1.29, 1.82) is 0 Å². The minimum Gasteiger partial charge on any atom is -0.376 e. The zero-order chi connectivity index (χ0) is 103. The molecule has 18 saturated carbocycles. The van der Waals surface area contributed by atoms with Gasteiger partial charge >= 0.3 is 0 Å². The Hall–Kier alpha value is -3.27. The maximum Gasteiger partial charge on any atom is 0.218 e. The van der Waals surface area contributed by atoms with Crippen molar-refractivity contribution in [3.8, 4) is 0 Å².